The molecule has 1 heteroatoms. The molecule has 0 amide bonds. The van der Waals surface area contributed by atoms with E-state index in [9.17, 15) is 0 Å². The highest BCUT2D eigenvalue weighted by Crippen LogP contribution is 2.30. The molecule has 0 radical (unpaired) electrons. The van der Waals surface area contributed by atoms with Crippen molar-refractivity contribution in [1.29, 1.82) is 0 Å². The molecule has 2 rings (SSSR count). The lowest BCUT2D eigenvalue weighted by Crippen LogP contribution is -2.30. The average Bonchev–Trinajstić information content (AvgIpc) is 2.60. The Kier molecular flexibility index (Phi) is 5.84. The molecule has 0 heterocycles. The zero-order valence-electron chi connectivity index (χ0n) is 11.7. The number of hydrogen-bond donors (Lipinski definition) is 1. The van der Waals surface area contributed by atoms with Gasteiger partial charge in [-0.25, -0.2) is 0 Å². The summed E-state index contributed by atoms with van der Waals surface area (Å²) in [7, 11) is 0. The SMILES string of the molecule is CC1CCC(CCNC2CCCCCC2)CC1. The highest BCUT2D eigenvalue weighted by Gasteiger charge is 2.18. The van der Waals surface area contributed by atoms with Crippen molar-refractivity contribution >= 4 is 0 Å². The smallest absolute Gasteiger partial charge is 0.00670 e. The summed E-state index contributed by atoms with van der Waals surface area (Å²) in [5.41, 5.74) is 0. The summed E-state index contributed by atoms with van der Waals surface area (Å²) in [4.78, 5) is 0. The first-order valence-electron chi connectivity index (χ1n) is 8.08. The van der Waals surface area contributed by atoms with Crippen LogP contribution in [-0.4, -0.2) is 12.6 Å². The highest BCUT2D eigenvalue weighted by molar-refractivity contribution is 4.74. The third kappa shape index (κ3) is 4.99. The molecule has 2 fully saturated rings. The maximum absolute atomic E-state index is 3.82. The van der Waals surface area contributed by atoms with Gasteiger partial charge in [0.1, 0.15) is 0 Å². The van der Waals surface area contributed by atoms with E-state index in [2.05, 4.69) is 12.2 Å². The second-order valence-electron chi connectivity index (χ2n) is 6.56. The van der Waals surface area contributed by atoms with Crippen molar-refractivity contribution < 1.29 is 0 Å². The van der Waals surface area contributed by atoms with Crippen molar-refractivity contribution in [2.45, 2.75) is 83.6 Å². The van der Waals surface area contributed by atoms with Crippen LogP contribution in [0.1, 0.15) is 77.6 Å². The first kappa shape index (κ1) is 13.4. The maximum Gasteiger partial charge on any atom is 0.00670 e. The Morgan fingerprint density at radius 1 is 0.824 bits per heavy atom. The molecular formula is C16H31N. The van der Waals surface area contributed by atoms with Crippen LogP contribution in [0.3, 0.4) is 0 Å². The quantitative estimate of drug-likeness (QED) is 0.709. The Hall–Kier alpha value is -0.0400. The molecule has 0 bridgehead atoms. The third-order valence-electron chi connectivity index (χ3n) is 4.98. The summed E-state index contributed by atoms with van der Waals surface area (Å²) in [5.74, 6) is 2.03. The van der Waals surface area contributed by atoms with E-state index < -0.39 is 0 Å². The van der Waals surface area contributed by atoms with Crippen molar-refractivity contribution in [3.8, 4) is 0 Å². The van der Waals surface area contributed by atoms with Gasteiger partial charge in [0, 0.05) is 6.04 Å². The predicted octanol–water partition coefficient (Wildman–Crippen LogP) is 4.52. The van der Waals surface area contributed by atoms with Crippen LogP contribution in [0.15, 0.2) is 0 Å². The highest BCUT2D eigenvalue weighted by atomic mass is 14.9. The summed E-state index contributed by atoms with van der Waals surface area (Å²) in [6.07, 6.45) is 16.1. The van der Waals surface area contributed by atoms with E-state index in [1.165, 1.54) is 77.2 Å². The monoisotopic (exact) mass is 237 g/mol. The minimum absolute atomic E-state index is 0.847. The zero-order chi connectivity index (χ0) is 11.9. The van der Waals surface area contributed by atoms with Gasteiger partial charge in [-0.05, 0) is 37.6 Å². The molecule has 0 aromatic heterocycles. The Balaban J connectivity index is 1.55. The molecular weight excluding hydrogens is 206 g/mol. The van der Waals surface area contributed by atoms with E-state index in [-0.39, 0.29) is 0 Å². The maximum atomic E-state index is 3.82. The van der Waals surface area contributed by atoms with E-state index in [1.807, 2.05) is 0 Å². The third-order valence-corrected chi connectivity index (χ3v) is 4.98. The topological polar surface area (TPSA) is 12.0 Å². The second kappa shape index (κ2) is 7.41. The lowest BCUT2D eigenvalue weighted by molar-refractivity contribution is 0.271. The Morgan fingerprint density at radius 2 is 1.47 bits per heavy atom. The molecule has 100 valence electrons. The molecule has 17 heavy (non-hydrogen) atoms. The van der Waals surface area contributed by atoms with Gasteiger partial charge in [-0.3, -0.25) is 0 Å². The molecule has 0 aromatic carbocycles. The fourth-order valence-electron chi connectivity index (χ4n) is 3.59. The molecule has 2 saturated carbocycles. The Labute approximate surface area is 108 Å². The van der Waals surface area contributed by atoms with Crippen molar-refractivity contribution in [2.75, 3.05) is 6.54 Å². The van der Waals surface area contributed by atoms with Crippen molar-refractivity contribution in [1.82, 2.24) is 5.32 Å². The summed E-state index contributed by atoms with van der Waals surface area (Å²) in [6.45, 7) is 3.70. The summed E-state index contributed by atoms with van der Waals surface area (Å²) >= 11 is 0. The van der Waals surface area contributed by atoms with Crippen LogP contribution in [0.2, 0.25) is 0 Å². The van der Waals surface area contributed by atoms with Crippen LogP contribution in [0.4, 0.5) is 0 Å². The van der Waals surface area contributed by atoms with E-state index in [0.29, 0.717) is 0 Å². The first-order valence-corrected chi connectivity index (χ1v) is 8.08. The molecule has 1 N–H and O–H groups in total. The minimum Gasteiger partial charge on any atom is -0.314 e. The molecule has 0 aliphatic heterocycles. The van der Waals surface area contributed by atoms with Crippen molar-refractivity contribution in [2.24, 2.45) is 11.8 Å². The standard InChI is InChI=1S/C16H31N/c1-14-8-10-15(11-9-14)12-13-17-16-6-4-2-3-5-7-16/h14-17H,2-13H2,1H3. The van der Waals surface area contributed by atoms with Crippen molar-refractivity contribution in [3.05, 3.63) is 0 Å². The predicted molar refractivity (Wildman–Crippen MR) is 75.2 cm³/mol. The van der Waals surface area contributed by atoms with Gasteiger partial charge >= 0.3 is 0 Å². The van der Waals surface area contributed by atoms with Crippen LogP contribution < -0.4 is 5.32 Å². The molecule has 0 saturated heterocycles. The van der Waals surface area contributed by atoms with Gasteiger partial charge in [-0.1, -0.05) is 58.3 Å². The van der Waals surface area contributed by atoms with Crippen molar-refractivity contribution in [3.63, 3.8) is 0 Å². The van der Waals surface area contributed by atoms with Crippen LogP contribution in [0.25, 0.3) is 0 Å². The molecule has 0 spiro atoms. The van der Waals surface area contributed by atoms with Gasteiger partial charge in [0.05, 0.1) is 0 Å². The average molecular weight is 237 g/mol. The van der Waals surface area contributed by atoms with E-state index >= 15 is 0 Å². The van der Waals surface area contributed by atoms with E-state index in [0.717, 1.165) is 17.9 Å². The Morgan fingerprint density at radius 3 is 2.12 bits per heavy atom. The molecule has 2 aliphatic carbocycles. The molecule has 2 aliphatic rings. The van der Waals surface area contributed by atoms with Crippen LogP contribution in [0.5, 0.6) is 0 Å². The fourth-order valence-corrected chi connectivity index (χ4v) is 3.59. The van der Waals surface area contributed by atoms with E-state index in [4.69, 9.17) is 0 Å². The fraction of sp³-hybridized carbons (Fsp3) is 1.00. The molecule has 0 unspecified atom stereocenters. The molecule has 1 nitrogen and oxygen atoms in total. The van der Waals surface area contributed by atoms with Gasteiger partial charge in [-0.2, -0.15) is 0 Å². The lowest BCUT2D eigenvalue weighted by atomic mass is 9.81. The van der Waals surface area contributed by atoms with Gasteiger partial charge in [0.2, 0.25) is 0 Å². The van der Waals surface area contributed by atoms with Crippen LogP contribution >= 0.6 is 0 Å². The Bertz CT molecular complexity index is 186. The summed E-state index contributed by atoms with van der Waals surface area (Å²) in [5, 5.41) is 3.82. The number of rotatable bonds is 4. The van der Waals surface area contributed by atoms with Gasteiger partial charge in [0.15, 0.2) is 0 Å². The lowest BCUT2D eigenvalue weighted by Gasteiger charge is -2.27. The van der Waals surface area contributed by atoms with E-state index in [1.54, 1.807) is 0 Å². The normalized spacial score (nSPS) is 32.3. The number of nitrogens with one attached hydrogen (secondary N) is 1. The van der Waals surface area contributed by atoms with Gasteiger partial charge in [-0.15, -0.1) is 0 Å². The summed E-state index contributed by atoms with van der Waals surface area (Å²) < 4.78 is 0. The summed E-state index contributed by atoms with van der Waals surface area (Å²) in [6, 6.07) is 0.847. The van der Waals surface area contributed by atoms with Crippen LogP contribution in [-0.2, 0) is 0 Å². The zero-order valence-corrected chi connectivity index (χ0v) is 11.7. The second-order valence-corrected chi connectivity index (χ2v) is 6.56. The molecule has 0 atom stereocenters. The van der Waals surface area contributed by atoms with Gasteiger partial charge in [0.25, 0.3) is 0 Å². The molecule has 0 aromatic rings. The van der Waals surface area contributed by atoms with Gasteiger partial charge < -0.3 is 5.32 Å². The first-order chi connectivity index (χ1) is 8.34. The largest absolute Gasteiger partial charge is 0.314 e. The van der Waals surface area contributed by atoms with Crippen LogP contribution in [0, 0.1) is 11.8 Å². The minimum atomic E-state index is 0.847. The number of hydrogen-bond acceptors (Lipinski definition) is 1.